The van der Waals surface area contributed by atoms with Gasteiger partial charge < -0.3 is 86.4 Å². The predicted molar refractivity (Wildman–Crippen MR) is 313 cm³/mol. The summed E-state index contributed by atoms with van der Waals surface area (Å²) in [5.74, 6) is -6.66. The van der Waals surface area contributed by atoms with Gasteiger partial charge in [-0.05, 0) is 91.2 Å². The van der Waals surface area contributed by atoms with E-state index in [4.69, 9.17) is 28.7 Å². The predicted octanol–water partition coefficient (Wildman–Crippen LogP) is -2.29. The Kier molecular flexibility index (Phi) is 27.4. The fourth-order valence-corrected chi connectivity index (χ4v) is 9.99. The number of nitrogen functional groups attached to an aromatic ring is 1. The first kappa shape index (κ1) is 66.4. The maximum atomic E-state index is 14.3. The van der Waals surface area contributed by atoms with Gasteiger partial charge >= 0.3 is 0 Å². The Bertz CT molecular complexity index is 2870. The molecular weight excluding hydrogens is 1110 g/mol. The average molecular weight is 1190 g/mol. The molecule has 1 aromatic carbocycles. The molecule has 28 nitrogen and oxygen atoms in total. The van der Waals surface area contributed by atoms with Crippen molar-refractivity contribution in [3.8, 4) is 10.7 Å². The summed E-state index contributed by atoms with van der Waals surface area (Å²) in [6.45, 7) is 8.92. The van der Waals surface area contributed by atoms with E-state index in [-0.39, 0.29) is 66.9 Å². The van der Waals surface area contributed by atoms with Crippen LogP contribution in [0.2, 0.25) is 0 Å². The molecule has 30 heteroatoms. The molecule has 0 aliphatic heterocycles. The summed E-state index contributed by atoms with van der Waals surface area (Å²) in [5.41, 5.74) is 30.1. The second-order valence-corrected chi connectivity index (χ2v) is 21.7. The number of amides is 7. The van der Waals surface area contributed by atoms with Crippen LogP contribution in [0.4, 0.5) is 5.82 Å². The van der Waals surface area contributed by atoms with Crippen molar-refractivity contribution >= 4 is 69.8 Å². The van der Waals surface area contributed by atoms with Gasteiger partial charge in [0, 0.05) is 67.1 Å². The van der Waals surface area contributed by atoms with E-state index in [9.17, 15) is 43.8 Å². The minimum absolute atomic E-state index is 0.0572. The van der Waals surface area contributed by atoms with Crippen LogP contribution in [0.3, 0.4) is 0 Å². The highest BCUT2D eigenvalue weighted by atomic mass is 32.1. The molecule has 452 valence electrons. The Morgan fingerprint density at radius 1 is 0.759 bits per heavy atom. The van der Waals surface area contributed by atoms with Crippen molar-refractivity contribution in [3.63, 3.8) is 0 Å². The number of unbranched alkanes of at least 4 members (excludes halogenated alkanes) is 1. The first-order valence-corrected chi connectivity index (χ1v) is 29.1. The zero-order chi connectivity index (χ0) is 60.4. The molecule has 83 heavy (non-hydrogen) atoms. The average Bonchev–Trinajstić information content (AvgIpc) is 4.37. The van der Waals surface area contributed by atoms with E-state index in [0.29, 0.717) is 46.5 Å². The number of anilines is 1. The standard InChI is InChI=1S/C53H79N19O9S2/c1-29-42(70-47(72-45(29)57)36(23-40(56)74)64-25-35(55)46(58)76)52(81)68-37(22-33-24-61-28-65-33)50(79)66-30(2)44(75)34(21-32-11-5-4-6-12-32)48(77)71-43(31(3)73)51(80)63-20-13-41-67-39(27-82-41)53-69-38(26-83-53)49(78)62-19-10-18-60-16-8-7-15-59-17-9-14-54/h4-6,11-12,24,26-28,30-31,34-37,43-44,59-60,64,73,75H,7-10,13-23,25,54-55H2,1-3H3,(H2,56,74)(H2,58,76)(H,61,65)(H,62,78)(H,63,80)(H,66,79)(H,68,81)(H,71,77)(H2,57,70,72)/t30-,31-,34+,35+,36+,37+,43+,44-/m1/s1. The summed E-state index contributed by atoms with van der Waals surface area (Å²) < 4.78 is 0. The van der Waals surface area contributed by atoms with Crippen molar-refractivity contribution in [1.82, 2.24) is 72.4 Å². The summed E-state index contributed by atoms with van der Waals surface area (Å²) in [7, 11) is 0. The number of H-pyrrole nitrogens is 1. The van der Waals surface area contributed by atoms with Crippen LogP contribution >= 0.6 is 22.7 Å². The maximum absolute atomic E-state index is 14.3. The molecule has 0 saturated heterocycles. The molecule has 0 saturated carbocycles. The maximum Gasteiger partial charge on any atom is 0.271 e. The molecule has 21 N–H and O–H groups in total. The van der Waals surface area contributed by atoms with Crippen LogP contribution in [-0.4, -0.2) is 170 Å². The van der Waals surface area contributed by atoms with E-state index < -0.39 is 83.8 Å². The Labute approximate surface area is 488 Å². The van der Waals surface area contributed by atoms with Crippen molar-refractivity contribution in [2.24, 2.45) is 28.9 Å². The van der Waals surface area contributed by atoms with Crippen molar-refractivity contribution in [1.29, 1.82) is 0 Å². The van der Waals surface area contributed by atoms with Gasteiger partial charge in [0.15, 0.2) is 0 Å². The van der Waals surface area contributed by atoms with E-state index in [1.54, 1.807) is 35.7 Å². The highest BCUT2D eigenvalue weighted by molar-refractivity contribution is 7.14. The van der Waals surface area contributed by atoms with Gasteiger partial charge in [-0.3, -0.25) is 33.6 Å². The fraction of sp³-hybridized carbons (Fsp3) is 0.509. The number of carbonyl (C=O) groups is 7. The van der Waals surface area contributed by atoms with Crippen molar-refractivity contribution in [3.05, 3.63) is 92.7 Å². The highest BCUT2D eigenvalue weighted by Crippen LogP contribution is 2.26. The molecule has 0 unspecified atom stereocenters. The minimum atomic E-state index is -1.61. The molecule has 0 spiro atoms. The molecule has 4 heterocycles. The number of hydrogen-bond donors (Lipinski definition) is 16. The second-order valence-electron chi connectivity index (χ2n) is 19.9. The van der Waals surface area contributed by atoms with E-state index >= 15 is 0 Å². The van der Waals surface area contributed by atoms with E-state index in [0.717, 1.165) is 51.9 Å². The number of imidazole rings is 1. The van der Waals surface area contributed by atoms with Gasteiger partial charge in [-0.2, -0.15) is 0 Å². The van der Waals surface area contributed by atoms with Gasteiger partial charge in [0.05, 0.1) is 47.6 Å². The third-order valence-corrected chi connectivity index (χ3v) is 14.9. The number of aromatic nitrogens is 6. The normalized spacial score (nSPS) is 14.3. The van der Waals surface area contributed by atoms with Gasteiger partial charge in [-0.1, -0.05) is 30.3 Å². The highest BCUT2D eigenvalue weighted by Gasteiger charge is 2.37. The van der Waals surface area contributed by atoms with Crippen LogP contribution < -0.4 is 71.2 Å². The number of carbonyl (C=O) groups excluding carboxylic acids is 7. The third-order valence-electron chi connectivity index (χ3n) is 13.2. The molecule has 0 aliphatic carbocycles. The number of nitrogens with one attached hydrogen (secondary N) is 9. The molecule has 0 radical (unpaired) electrons. The quantitative estimate of drug-likeness (QED) is 0.0185. The van der Waals surface area contributed by atoms with Crippen LogP contribution in [0.5, 0.6) is 0 Å². The number of aromatic amines is 1. The molecule has 8 atom stereocenters. The van der Waals surface area contributed by atoms with Crippen LogP contribution in [-0.2, 0) is 43.2 Å². The number of aliphatic hydroxyl groups is 2. The molecule has 4 aromatic heterocycles. The lowest BCUT2D eigenvalue weighted by atomic mass is 9.89. The molecule has 5 rings (SSSR count). The molecule has 0 fully saturated rings. The van der Waals surface area contributed by atoms with E-state index in [2.05, 4.69) is 72.4 Å². The summed E-state index contributed by atoms with van der Waals surface area (Å²) in [4.78, 5) is 117. The van der Waals surface area contributed by atoms with E-state index in [1.165, 1.54) is 56.0 Å². The molecule has 5 aromatic rings. The van der Waals surface area contributed by atoms with E-state index in [1.807, 2.05) is 5.38 Å². The van der Waals surface area contributed by atoms with Crippen LogP contribution in [0.1, 0.15) is 101 Å². The number of thiazole rings is 2. The van der Waals surface area contributed by atoms with Crippen molar-refractivity contribution in [2.45, 2.75) is 115 Å². The molecule has 0 aliphatic rings. The van der Waals surface area contributed by atoms with Gasteiger partial charge in [-0.25, -0.2) is 24.9 Å². The summed E-state index contributed by atoms with van der Waals surface area (Å²) in [6, 6.07) is 2.52. The van der Waals surface area contributed by atoms with Crippen LogP contribution in [0.25, 0.3) is 10.7 Å². The van der Waals surface area contributed by atoms with Gasteiger partial charge in [0.2, 0.25) is 29.5 Å². The fourth-order valence-electron chi connectivity index (χ4n) is 8.37. The Hall–Kier alpha value is -7.42. The zero-order valence-electron chi connectivity index (χ0n) is 46.8. The summed E-state index contributed by atoms with van der Waals surface area (Å²) in [5, 5.41) is 50.8. The Morgan fingerprint density at radius 3 is 2.13 bits per heavy atom. The molecule has 0 bridgehead atoms. The summed E-state index contributed by atoms with van der Waals surface area (Å²) >= 11 is 2.63. The number of rotatable bonds is 38. The molecule has 7 amide bonds. The zero-order valence-corrected chi connectivity index (χ0v) is 48.5. The number of benzene rings is 1. The van der Waals surface area contributed by atoms with Gasteiger partial charge in [0.25, 0.3) is 11.8 Å². The Balaban J connectivity index is 1.19. The lowest BCUT2D eigenvalue weighted by Gasteiger charge is -2.31. The van der Waals surface area contributed by atoms with Crippen molar-refractivity contribution < 1.29 is 43.8 Å². The van der Waals surface area contributed by atoms with Crippen LogP contribution in [0, 0.1) is 12.8 Å². The van der Waals surface area contributed by atoms with Gasteiger partial charge in [0.1, 0.15) is 45.8 Å². The lowest BCUT2D eigenvalue weighted by Crippen LogP contribution is -2.58. The minimum Gasteiger partial charge on any atom is -0.391 e. The number of nitrogens with zero attached hydrogens (tertiary/aromatic N) is 5. The number of hydrogen-bond acceptors (Lipinski definition) is 22. The molecular formula is C53H79N19O9S2. The van der Waals surface area contributed by atoms with Crippen LogP contribution in [0.15, 0.2) is 53.6 Å². The first-order valence-electron chi connectivity index (χ1n) is 27.3. The number of aliphatic hydroxyl groups excluding tert-OH is 2. The smallest absolute Gasteiger partial charge is 0.271 e. The number of nitrogens with two attached hydrogens (primary N) is 5. The lowest BCUT2D eigenvalue weighted by molar-refractivity contribution is -0.136. The van der Waals surface area contributed by atoms with Crippen molar-refractivity contribution in [2.75, 3.05) is 58.1 Å². The second kappa shape index (κ2) is 34.2. The van der Waals surface area contributed by atoms with Gasteiger partial charge in [-0.15, -0.1) is 22.7 Å². The SMILES string of the molecule is Cc1c(N)nc([C@H](CC(N)=O)NC[C@H](N)C(N)=O)nc1C(=O)N[C@@H](Cc1cnc[nH]1)C(=O)N[C@H](C)[C@@H](O)[C@H](Cc1ccccc1)C(=O)N[C@H](C(=O)NCCc1nc(-c2nc(C(=O)NCCCNCCCCNCCCN)cs2)cs1)[C@@H](C)O. The topological polar surface area (TPSA) is 467 Å². The Morgan fingerprint density at radius 2 is 1.47 bits per heavy atom. The third kappa shape index (κ3) is 21.7. The summed E-state index contributed by atoms with van der Waals surface area (Å²) in [6.07, 6.45) is 3.40. The first-order chi connectivity index (χ1) is 39.8. The largest absolute Gasteiger partial charge is 0.391 e. The number of primary amides is 2. The monoisotopic (exact) mass is 1190 g/mol.